The Bertz CT molecular complexity index is 232. The summed E-state index contributed by atoms with van der Waals surface area (Å²) in [5.74, 6) is 0.210. The van der Waals surface area contributed by atoms with Gasteiger partial charge >= 0.3 is 0 Å². The van der Waals surface area contributed by atoms with Crippen molar-refractivity contribution in [2.45, 2.75) is 44.2 Å². The van der Waals surface area contributed by atoms with Gasteiger partial charge in [-0.15, -0.1) is 0 Å². The Labute approximate surface area is 91.2 Å². The van der Waals surface area contributed by atoms with Crippen molar-refractivity contribution in [2.24, 2.45) is 5.73 Å². The maximum atomic E-state index is 11.1. The molecular weight excluding hydrogens is 190 g/mol. The van der Waals surface area contributed by atoms with Gasteiger partial charge in [0.25, 0.3) is 0 Å². The lowest BCUT2D eigenvalue weighted by Crippen LogP contribution is -2.49. The van der Waals surface area contributed by atoms with Gasteiger partial charge in [-0.05, 0) is 25.8 Å². The summed E-state index contributed by atoms with van der Waals surface area (Å²) < 4.78 is 0. The van der Waals surface area contributed by atoms with Crippen LogP contribution in [0.3, 0.4) is 0 Å². The first-order valence-corrected chi connectivity index (χ1v) is 6.03. The van der Waals surface area contributed by atoms with E-state index in [-0.39, 0.29) is 5.91 Å². The zero-order chi connectivity index (χ0) is 10.7. The molecule has 2 rings (SSSR count). The lowest BCUT2D eigenvalue weighted by Gasteiger charge is -2.36. The molecule has 0 radical (unpaired) electrons. The van der Waals surface area contributed by atoms with E-state index < -0.39 is 0 Å². The number of nitrogens with two attached hydrogens (primary N) is 1. The van der Waals surface area contributed by atoms with Crippen molar-refractivity contribution in [2.75, 3.05) is 19.6 Å². The number of amides is 1. The molecule has 15 heavy (non-hydrogen) atoms. The van der Waals surface area contributed by atoms with Crippen LogP contribution in [0, 0.1) is 0 Å². The molecular formula is C11H21N3O. The molecule has 0 saturated carbocycles. The third kappa shape index (κ3) is 2.69. The number of hydrogen-bond donors (Lipinski definition) is 2. The first kappa shape index (κ1) is 10.9. The molecule has 2 atom stereocenters. The van der Waals surface area contributed by atoms with Crippen LogP contribution in [0.2, 0.25) is 0 Å². The van der Waals surface area contributed by atoms with Gasteiger partial charge in [-0.25, -0.2) is 0 Å². The van der Waals surface area contributed by atoms with Crippen molar-refractivity contribution < 1.29 is 4.79 Å². The maximum absolute atomic E-state index is 11.1. The van der Waals surface area contributed by atoms with E-state index >= 15 is 0 Å². The van der Waals surface area contributed by atoms with Gasteiger partial charge in [0, 0.05) is 31.6 Å². The monoisotopic (exact) mass is 211 g/mol. The molecule has 86 valence electrons. The first-order valence-electron chi connectivity index (χ1n) is 6.03. The Kier molecular flexibility index (Phi) is 3.59. The van der Waals surface area contributed by atoms with Gasteiger partial charge in [0.1, 0.15) is 0 Å². The summed E-state index contributed by atoms with van der Waals surface area (Å²) in [6.07, 6.45) is 5.49. The summed E-state index contributed by atoms with van der Waals surface area (Å²) in [6.45, 7) is 2.89. The second kappa shape index (κ2) is 4.94. The standard InChI is InChI=1S/C11H21N3O/c12-7-10-3-1-2-6-14(10)8-9-4-5-11(15)13-9/h9-10H,1-8,12H2,(H,13,15). The SMILES string of the molecule is NCC1CCCCN1CC1CCC(=O)N1. The summed E-state index contributed by atoms with van der Waals surface area (Å²) in [4.78, 5) is 13.5. The van der Waals surface area contributed by atoms with Gasteiger partial charge < -0.3 is 11.1 Å². The quantitative estimate of drug-likeness (QED) is 0.695. The van der Waals surface area contributed by atoms with Crippen LogP contribution in [-0.4, -0.2) is 42.5 Å². The van der Waals surface area contributed by atoms with Crippen LogP contribution in [0.4, 0.5) is 0 Å². The molecule has 0 spiro atoms. The highest BCUT2D eigenvalue weighted by Crippen LogP contribution is 2.18. The highest BCUT2D eigenvalue weighted by Gasteiger charge is 2.27. The number of likely N-dealkylation sites (tertiary alicyclic amines) is 1. The zero-order valence-electron chi connectivity index (χ0n) is 9.24. The van der Waals surface area contributed by atoms with Crippen molar-refractivity contribution in [1.29, 1.82) is 0 Å². The van der Waals surface area contributed by atoms with Crippen LogP contribution >= 0.6 is 0 Å². The van der Waals surface area contributed by atoms with E-state index in [4.69, 9.17) is 5.73 Å². The number of rotatable bonds is 3. The van der Waals surface area contributed by atoms with Crippen molar-refractivity contribution >= 4 is 5.91 Å². The van der Waals surface area contributed by atoms with Gasteiger partial charge in [-0.1, -0.05) is 6.42 Å². The average molecular weight is 211 g/mol. The molecule has 2 heterocycles. The van der Waals surface area contributed by atoms with Gasteiger partial charge in [-0.3, -0.25) is 9.69 Å². The second-order valence-corrected chi connectivity index (χ2v) is 4.68. The van der Waals surface area contributed by atoms with E-state index in [0.29, 0.717) is 18.5 Å². The summed E-state index contributed by atoms with van der Waals surface area (Å²) in [5.41, 5.74) is 5.77. The van der Waals surface area contributed by atoms with Crippen LogP contribution in [0.15, 0.2) is 0 Å². The minimum atomic E-state index is 0.210. The molecule has 3 N–H and O–H groups in total. The minimum Gasteiger partial charge on any atom is -0.352 e. The fourth-order valence-corrected chi connectivity index (χ4v) is 2.66. The van der Waals surface area contributed by atoms with Crippen molar-refractivity contribution in [3.05, 3.63) is 0 Å². The summed E-state index contributed by atoms with van der Waals surface area (Å²) in [5, 5.41) is 3.02. The third-order valence-corrected chi connectivity index (χ3v) is 3.56. The van der Waals surface area contributed by atoms with Crippen LogP contribution in [0.25, 0.3) is 0 Å². The fourth-order valence-electron chi connectivity index (χ4n) is 2.66. The number of nitrogens with one attached hydrogen (secondary N) is 1. The second-order valence-electron chi connectivity index (χ2n) is 4.68. The predicted molar refractivity (Wildman–Crippen MR) is 59.4 cm³/mol. The summed E-state index contributed by atoms with van der Waals surface area (Å²) >= 11 is 0. The highest BCUT2D eigenvalue weighted by atomic mass is 16.1. The van der Waals surface area contributed by atoms with E-state index in [1.807, 2.05) is 0 Å². The van der Waals surface area contributed by atoms with Gasteiger partial charge in [-0.2, -0.15) is 0 Å². The molecule has 0 aliphatic carbocycles. The van der Waals surface area contributed by atoms with Crippen LogP contribution in [0.5, 0.6) is 0 Å². The van der Waals surface area contributed by atoms with Crippen LogP contribution in [-0.2, 0) is 4.79 Å². The molecule has 2 fully saturated rings. The predicted octanol–water partition coefficient (Wildman–Crippen LogP) is 0.0782. The lowest BCUT2D eigenvalue weighted by atomic mass is 10.0. The number of hydrogen-bond acceptors (Lipinski definition) is 3. The third-order valence-electron chi connectivity index (χ3n) is 3.56. The van der Waals surface area contributed by atoms with Gasteiger partial charge in [0.2, 0.25) is 5.91 Å². The van der Waals surface area contributed by atoms with Crippen LogP contribution < -0.4 is 11.1 Å². The van der Waals surface area contributed by atoms with E-state index in [9.17, 15) is 4.79 Å². The molecule has 0 bridgehead atoms. The minimum absolute atomic E-state index is 0.210. The van der Waals surface area contributed by atoms with Gasteiger partial charge in [0.15, 0.2) is 0 Å². The largest absolute Gasteiger partial charge is 0.352 e. The number of carbonyl (C=O) groups is 1. The smallest absolute Gasteiger partial charge is 0.220 e. The molecule has 1 amide bonds. The van der Waals surface area contributed by atoms with Gasteiger partial charge in [0.05, 0.1) is 0 Å². The summed E-state index contributed by atoms with van der Waals surface area (Å²) in [7, 11) is 0. The molecule has 4 heteroatoms. The van der Waals surface area contributed by atoms with Crippen molar-refractivity contribution in [3.63, 3.8) is 0 Å². The normalized spacial score (nSPS) is 33.0. The van der Waals surface area contributed by atoms with E-state index in [2.05, 4.69) is 10.2 Å². The Morgan fingerprint density at radius 3 is 2.93 bits per heavy atom. The topological polar surface area (TPSA) is 58.4 Å². The Balaban J connectivity index is 1.83. The molecule has 0 aromatic heterocycles. The molecule has 0 aromatic rings. The average Bonchev–Trinajstić information content (AvgIpc) is 2.65. The summed E-state index contributed by atoms with van der Waals surface area (Å²) in [6, 6.07) is 0.904. The Morgan fingerprint density at radius 2 is 2.27 bits per heavy atom. The molecule has 4 nitrogen and oxygen atoms in total. The number of piperidine rings is 1. The van der Waals surface area contributed by atoms with E-state index in [1.54, 1.807) is 0 Å². The molecule has 2 aliphatic rings. The highest BCUT2D eigenvalue weighted by molar-refractivity contribution is 5.78. The lowest BCUT2D eigenvalue weighted by molar-refractivity contribution is -0.119. The van der Waals surface area contributed by atoms with Crippen molar-refractivity contribution in [1.82, 2.24) is 10.2 Å². The molecule has 2 unspecified atom stereocenters. The maximum Gasteiger partial charge on any atom is 0.220 e. The molecule has 2 saturated heterocycles. The first-order chi connectivity index (χ1) is 7.29. The Morgan fingerprint density at radius 1 is 1.40 bits per heavy atom. The van der Waals surface area contributed by atoms with Crippen LogP contribution in [0.1, 0.15) is 32.1 Å². The van der Waals surface area contributed by atoms with Crippen molar-refractivity contribution in [3.8, 4) is 0 Å². The number of nitrogens with zero attached hydrogens (tertiary/aromatic N) is 1. The van der Waals surface area contributed by atoms with E-state index in [1.165, 1.54) is 19.3 Å². The van der Waals surface area contributed by atoms with E-state index in [0.717, 1.165) is 26.1 Å². The molecule has 0 aromatic carbocycles. The Hall–Kier alpha value is -0.610. The molecule has 2 aliphatic heterocycles. The number of carbonyl (C=O) groups excluding carboxylic acids is 1. The zero-order valence-corrected chi connectivity index (χ0v) is 9.24. The fraction of sp³-hybridized carbons (Fsp3) is 0.909.